The minimum absolute atomic E-state index is 0. The van der Waals surface area contributed by atoms with Crippen LogP contribution >= 0.6 is 0 Å². The number of pyridine rings is 1. The maximum Gasteiger partial charge on any atom is 0.0737 e. The van der Waals surface area contributed by atoms with Crippen LogP contribution in [0.2, 0.25) is 0 Å². The van der Waals surface area contributed by atoms with Gasteiger partial charge in [-0.15, -0.1) is 0 Å². The van der Waals surface area contributed by atoms with Gasteiger partial charge in [-0.05, 0) is 84.5 Å². The number of aromatic nitrogens is 1. The molecule has 8 bridgehead atoms. The molecule has 0 spiro atoms. The largest absolute Gasteiger partial charge is 0.265 e. The van der Waals surface area contributed by atoms with Gasteiger partial charge in [-0.2, -0.15) is 0 Å². The summed E-state index contributed by atoms with van der Waals surface area (Å²) in [7, 11) is 0. The van der Waals surface area contributed by atoms with Crippen LogP contribution in [0.25, 0.3) is 5.57 Å². The Morgan fingerprint density at radius 2 is 1.00 bits per heavy atom. The van der Waals surface area contributed by atoms with Gasteiger partial charge in [0, 0.05) is 35.0 Å². The molecule has 0 amide bonds. The molecule has 0 saturated heterocycles. The predicted molar refractivity (Wildman–Crippen MR) is 122 cm³/mol. The van der Waals surface area contributed by atoms with Crippen molar-refractivity contribution in [2.75, 3.05) is 0 Å². The van der Waals surface area contributed by atoms with Crippen molar-refractivity contribution in [3.05, 3.63) is 120 Å². The first-order valence-corrected chi connectivity index (χ1v) is 9.67. The summed E-state index contributed by atoms with van der Waals surface area (Å²) in [6, 6.07) is 3.98. The second-order valence-corrected chi connectivity index (χ2v) is 7.18. The Morgan fingerprint density at radius 1 is 0.484 bits per heavy atom. The molecule has 31 heavy (non-hydrogen) atoms. The molecule has 6 heterocycles. The van der Waals surface area contributed by atoms with Crippen molar-refractivity contribution in [2.24, 2.45) is 20.0 Å². The van der Waals surface area contributed by atoms with Crippen molar-refractivity contribution in [2.45, 2.75) is 0 Å². The Labute approximate surface area is 190 Å². The van der Waals surface area contributed by atoms with Crippen LogP contribution in [0.5, 0.6) is 0 Å². The average molecular weight is 449 g/mol. The van der Waals surface area contributed by atoms with E-state index in [9.17, 15) is 0 Å². The smallest absolute Gasteiger partial charge is 0.0737 e. The van der Waals surface area contributed by atoms with E-state index in [0.29, 0.717) is 0 Å². The Balaban J connectivity index is 0.00000204. The van der Waals surface area contributed by atoms with Crippen molar-refractivity contribution in [1.82, 2.24) is 4.98 Å². The zero-order valence-corrected chi connectivity index (χ0v) is 17.1. The number of nitrogens with zero attached hydrogens (tertiary/aromatic N) is 5. The summed E-state index contributed by atoms with van der Waals surface area (Å²) in [5.41, 5.74) is 9.07. The Bertz CT molecular complexity index is 1350. The topological polar surface area (TPSA) is 62.3 Å². The van der Waals surface area contributed by atoms with Gasteiger partial charge in [0.15, 0.2) is 0 Å². The van der Waals surface area contributed by atoms with Crippen molar-refractivity contribution >= 4 is 28.4 Å². The zero-order valence-electron chi connectivity index (χ0n) is 16.2. The van der Waals surface area contributed by atoms with Crippen LogP contribution in [0.3, 0.4) is 0 Å². The molecule has 0 fully saturated rings. The summed E-state index contributed by atoms with van der Waals surface area (Å²) in [6.45, 7) is 0. The summed E-state index contributed by atoms with van der Waals surface area (Å²) in [5, 5.41) is 0. The summed E-state index contributed by atoms with van der Waals surface area (Å²) in [6.07, 6.45) is 25.6. The van der Waals surface area contributed by atoms with Crippen molar-refractivity contribution in [1.29, 1.82) is 0 Å². The van der Waals surface area contributed by atoms with Gasteiger partial charge in [-0.25, -0.2) is 20.0 Å². The van der Waals surface area contributed by atoms with Gasteiger partial charge in [0.25, 0.3) is 0 Å². The number of aliphatic imine (C=N–C) groups is 4. The molecule has 151 valence electrons. The average Bonchev–Trinajstić information content (AvgIpc) is 3.53. The van der Waals surface area contributed by atoms with Crippen LogP contribution in [0.4, 0.5) is 0 Å². The molecule has 0 atom stereocenters. The van der Waals surface area contributed by atoms with Gasteiger partial charge in [0.1, 0.15) is 0 Å². The monoisotopic (exact) mass is 448 g/mol. The van der Waals surface area contributed by atoms with E-state index in [2.05, 4.69) is 21.0 Å². The standard InChI is InChI=1S/C25H15N5.Cu/c1-2-18-12-20-5-6-22(29-20)15-25-24(16-7-9-26-10-8-16)14-23(30-25)13-21-4-3-19(28-21)11-17(1)27-18;/h1-15H;. The molecular weight excluding hydrogens is 434 g/mol. The van der Waals surface area contributed by atoms with E-state index in [1.807, 2.05) is 72.9 Å². The Morgan fingerprint density at radius 3 is 1.58 bits per heavy atom. The molecule has 0 aromatic carbocycles. The van der Waals surface area contributed by atoms with E-state index < -0.39 is 0 Å². The predicted octanol–water partition coefficient (Wildman–Crippen LogP) is 4.50. The summed E-state index contributed by atoms with van der Waals surface area (Å²) < 4.78 is 0. The van der Waals surface area contributed by atoms with Crippen LogP contribution in [0.15, 0.2) is 134 Å². The third-order valence-electron chi connectivity index (χ3n) is 5.03. The SMILES string of the molecule is C1=CC2=NC1=CC1=NC(=CC3=NC(=CC4=NC(=C2)C=C4)C=C3c2ccncc2)C=C1.[Cu]. The third kappa shape index (κ3) is 3.87. The van der Waals surface area contributed by atoms with Gasteiger partial charge < -0.3 is 0 Å². The molecule has 5 aliphatic rings. The van der Waals surface area contributed by atoms with Gasteiger partial charge in [0.05, 0.1) is 45.6 Å². The molecule has 5 aliphatic heterocycles. The molecule has 5 nitrogen and oxygen atoms in total. The summed E-state index contributed by atoms with van der Waals surface area (Å²) >= 11 is 0. The Hall–Kier alpha value is -3.73. The molecule has 0 saturated carbocycles. The maximum absolute atomic E-state index is 4.85. The fourth-order valence-electron chi connectivity index (χ4n) is 3.66. The fraction of sp³-hybridized carbons (Fsp3) is 0. The van der Waals surface area contributed by atoms with Crippen LogP contribution in [-0.4, -0.2) is 27.8 Å². The number of rotatable bonds is 1. The van der Waals surface area contributed by atoms with Gasteiger partial charge in [0.2, 0.25) is 0 Å². The zero-order chi connectivity index (χ0) is 19.9. The molecule has 0 unspecified atom stereocenters. The number of hydrogen-bond donors (Lipinski definition) is 0. The third-order valence-corrected chi connectivity index (χ3v) is 5.03. The second kappa shape index (κ2) is 7.84. The van der Waals surface area contributed by atoms with E-state index in [4.69, 9.17) is 9.98 Å². The van der Waals surface area contributed by atoms with E-state index in [1.54, 1.807) is 12.4 Å². The van der Waals surface area contributed by atoms with Crippen LogP contribution in [-0.2, 0) is 17.1 Å². The van der Waals surface area contributed by atoms with Gasteiger partial charge >= 0.3 is 0 Å². The Kier molecular flexibility index (Phi) is 4.86. The summed E-state index contributed by atoms with van der Waals surface area (Å²) in [4.78, 5) is 23.0. The second-order valence-electron chi connectivity index (χ2n) is 7.18. The number of hydrogen-bond acceptors (Lipinski definition) is 5. The molecule has 1 aromatic heterocycles. The van der Waals surface area contributed by atoms with Crippen LogP contribution in [0, 0.1) is 0 Å². The van der Waals surface area contributed by atoms with Crippen molar-refractivity contribution < 1.29 is 17.1 Å². The van der Waals surface area contributed by atoms with Crippen molar-refractivity contribution in [3.8, 4) is 0 Å². The van der Waals surface area contributed by atoms with Gasteiger partial charge in [-0.1, -0.05) is 0 Å². The van der Waals surface area contributed by atoms with E-state index in [1.165, 1.54) is 0 Å². The first-order chi connectivity index (χ1) is 14.8. The maximum atomic E-state index is 4.85. The molecule has 6 heteroatoms. The molecular formula is C25H15CuN5. The van der Waals surface area contributed by atoms with Gasteiger partial charge in [-0.3, -0.25) is 4.98 Å². The molecule has 0 N–H and O–H groups in total. The van der Waals surface area contributed by atoms with Crippen molar-refractivity contribution in [3.63, 3.8) is 0 Å². The first-order valence-electron chi connectivity index (χ1n) is 9.67. The molecule has 0 aliphatic carbocycles. The quantitative estimate of drug-likeness (QED) is 0.583. The van der Waals surface area contributed by atoms with Crippen LogP contribution < -0.4 is 0 Å². The minimum atomic E-state index is 0. The number of fused-ring (bicyclic) bond motifs is 4. The molecule has 1 radical (unpaired) electrons. The number of allylic oxidation sites excluding steroid dienone is 12. The molecule has 1 aromatic rings. The minimum Gasteiger partial charge on any atom is -0.265 e. The fourth-order valence-corrected chi connectivity index (χ4v) is 3.66. The van der Waals surface area contributed by atoms with E-state index in [0.717, 1.165) is 56.8 Å². The van der Waals surface area contributed by atoms with E-state index >= 15 is 0 Å². The molecule has 6 rings (SSSR count). The normalized spacial score (nSPS) is 20.1. The first kappa shape index (κ1) is 19.2. The van der Waals surface area contributed by atoms with E-state index in [-0.39, 0.29) is 17.1 Å². The summed E-state index contributed by atoms with van der Waals surface area (Å²) in [5.74, 6) is 0. The van der Waals surface area contributed by atoms with Crippen LogP contribution in [0.1, 0.15) is 5.56 Å².